The summed E-state index contributed by atoms with van der Waals surface area (Å²) >= 11 is 0. The average molecular weight is 307 g/mol. The minimum absolute atomic E-state index is 0.175. The monoisotopic (exact) mass is 307 g/mol. The molecule has 0 aliphatic carbocycles. The van der Waals surface area contributed by atoms with Crippen molar-refractivity contribution >= 4 is 28.6 Å². The molecule has 0 aliphatic rings. The van der Waals surface area contributed by atoms with Crippen LogP contribution in [0.15, 0.2) is 69.9 Å². The molecule has 0 saturated heterocycles. The predicted molar refractivity (Wildman–Crippen MR) is 88.3 cm³/mol. The standard InChI is InChI=1S/C18H13NO4/c20-15-6-1-12(2-7-15)3-9-17(21)19-14-5-8-16-13(11-14)4-10-18(22)23-16/h1-11,20H,(H,19,21)/b9-3+. The van der Waals surface area contributed by atoms with Gasteiger partial charge in [-0.2, -0.15) is 0 Å². The number of phenols is 1. The fourth-order valence-corrected chi connectivity index (χ4v) is 2.09. The average Bonchev–Trinajstić information content (AvgIpc) is 2.54. The van der Waals surface area contributed by atoms with Crippen molar-refractivity contribution in [2.45, 2.75) is 0 Å². The van der Waals surface area contributed by atoms with Crippen molar-refractivity contribution in [1.82, 2.24) is 0 Å². The number of amides is 1. The second-order valence-electron chi connectivity index (χ2n) is 4.92. The van der Waals surface area contributed by atoms with Crippen LogP contribution in [0.25, 0.3) is 17.0 Å². The van der Waals surface area contributed by atoms with Crippen molar-refractivity contribution in [3.8, 4) is 5.75 Å². The zero-order valence-corrected chi connectivity index (χ0v) is 12.0. The molecule has 0 unspecified atom stereocenters. The van der Waals surface area contributed by atoms with Crippen molar-refractivity contribution in [1.29, 1.82) is 0 Å². The highest BCUT2D eigenvalue weighted by atomic mass is 16.4. The van der Waals surface area contributed by atoms with Gasteiger partial charge in [-0.15, -0.1) is 0 Å². The van der Waals surface area contributed by atoms with Gasteiger partial charge >= 0.3 is 5.63 Å². The molecule has 114 valence electrons. The Labute approximate surface area is 131 Å². The number of benzene rings is 2. The second kappa shape index (κ2) is 6.19. The van der Waals surface area contributed by atoms with Crippen LogP contribution >= 0.6 is 0 Å². The quantitative estimate of drug-likeness (QED) is 0.575. The lowest BCUT2D eigenvalue weighted by Gasteiger charge is -2.03. The van der Waals surface area contributed by atoms with Gasteiger partial charge in [0, 0.05) is 23.2 Å². The van der Waals surface area contributed by atoms with Gasteiger partial charge in [-0.05, 0) is 48.0 Å². The Bertz CT molecular complexity index is 939. The Balaban J connectivity index is 1.73. The van der Waals surface area contributed by atoms with E-state index in [1.165, 1.54) is 12.1 Å². The molecule has 0 radical (unpaired) electrons. The summed E-state index contributed by atoms with van der Waals surface area (Å²) in [5, 5.41) is 12.7. The summed E-state index contributed by atoms with van der Waals surface area (Å²) in [6.07, 6.45) is 3.05. The van der Waals surface area contributed by atoms with Crippen LogP contribution in [-0.4, -0.2) is 11.0 Å². The molecule has 5 heteroatoms. The molecule has 2 N–H and O–H groups in total. The maximum absolute atomic E-state index is 11.9. The molecule has 0 spiro atoms. The first-order valence-corrected chi connectivity index (χ1v) is 6.92. The molecular formula is C18H13NO4. The largest absolute Gasteiger partial charge is 0.508 e. The summed E-state index contributed by atoms with van der Waals surface area (Å²) in [6.45, 7) is 0. The first-order valence-electron chi connectivity index (χ1n) is 6.92. The summed E-state index contributed by atoms with van der Waals surface area (Å²) < 4.78 is 5.03. The molecule has 0 fully saturated rings. The van der Waals surface area contributed by atoms with Gasteiger partial charge in [0.2, 0.25) is 5.91 Å². The lowest BCUT2D eigenvalue weighted by Crippen LogP contribution is -2.07. The molecule has 1 amide bonds. The van der Waals surface area contributed by atoms with Crippen LogP contribution in [-0.2, 0) is 4.79 Å². The number of anilines is 1. The van der Waals surface area contributed by atoms with E-state index in [-0.39, 0.29) is 11.7 Å². The normalized spacial score (nSPS) is 11.0. The van der Waals surface area contributed by atoms with Crippen molar-refractivity contribution in [2.24, 2.45) is 0 Å². The Morgan fingerprint density at radius 2 is 1.83 bits per heavy atom. The molecule has 0 saturated carbocycles. The number of rotatable bonds is 3. The van der Waals surface area contributed by atoms with Gasteiger partial charge in [0.25, 0.3) is 0 Å². The van der Waals surface area contributed by atoms with E-state index >= 15 is 0 Å². The third-order valence-corrected chi connectivity index (χ3v) is 3.21. The van der Waals surface area contributed by atoms with E-state index in [4.69, 9.17) is 4.42 Å². The summed E-state index contributed by atoms with van der Waals surface area (Å²) in [6, 6.07) is 14.5. The van der Waals surface area contributed by atoms with Gasteiger partial charge < -0.3 is 14.8 Å². The molecule has 3 aromatic rings. The first kappa shape index (κ1) is 14.6. The van der Waals surface area contributed by atoms with E-state index < -0.39 is 5.63 Å². The lowest BCUT2D eigenvalue weighted by atomic mass is 10.2. The highest BCUT2D eigenvalue weighted by Gasteiger charge is 2.02. The third kappa shape index (κ3) is 3.65. The Hall–Kier alpha value is -3.34. The van der Waals surface area contributed by atoms with E-state index in [1.807, 2.05) is 0 Å². The SMILES string of the molecule is O=C(/C=C/c1ccc(O)cc1)Nc1ccc2oc(=O)ccc2c1. The number of nitrogens with one attached hydrogen (secondary N) is 1. The Morgan fingerprint density at radius 3 is 2.61 bits per heavy atom. The summed E-state index contributed by atoms with van der Waals surface area (Å²) in [7, 11) is 0. The van der Waals surface area contributed by atoms with Crippen LogP contribution < -0.4 is 10.9 Å². The number of hydrogen-bond donors (Lipinski definition) is 2. The van der Waals surface area contributed by atoms with Crippen LogP contribution in [0.2, 0.25) is 0 Å². The lowest BCUT2D eigenvalue weighted by molar-refractivity contribution is -0.111. The van der Waals surface area contributed by atoms with Gasteiger partial charge in [-0.3, -0.25) is 4.79 Å². The van der Waals surface area contributed by atoms with E-state index in [1.54, 1.807) is 54.6 Å². The Kier molecular flexibility index (Phi) is 3.93. The van der Waals surface area contributed by atoms with Crippen molar-refractivity contribution in [3.05, 3.63) is 76.7 Å². The molecule has 0 aliphatic heterocycles. The van der Waals surface area contributed by atoms with E-state index in [9.17, 15) is 14.7 Å². The molecule has 0 bridgehead atoms. The highest BCUT2D eigenvalue weighted by Crippen LogP contribution is 2.17. The first-order chi connectivity index (χ1) is 11.1. The predicted octanol–water partition coefficient (Wildman–Crippen LogP) is 3.15. The summed E-state index contributed by atoms with van der Waals surface area (Å²) in [5.74, 6) is -0.107. The van der Waals surface area contributed by atoms with Crippen LogP contribution in [0.5, 0.6) is 5.75 Å². The molecule has 1 heterocycles. The minimum Gasteiger partial charge on any atom is -0.508 e. The second-order valence-corrected chi connectivity index (χ2v) is 4.92. The van der Waals surface area contributed by atoms with Gasteiger partial charge in [0.1, 0.15) is 11.3 Å². The van der Waals surface area contributed by atoms with Crippen LogP contribution in [0.4, 0.5) is 5.69 Å². The molecule has 3 rings (SSSR count). The summed E-state index contributed by atoms with van der Waals surface area (Å²) in [4.78, 5) is 23.0. The fourth-order valence-electron chi connectivity index (χ4n) is 2.09. The zero-order chi connectivity index (χ0) is 16.2. The zero-order valence-electron chi connectivity index (χ0n) is 12.0. The maximum Gasteiger partial charge on any atom is 0.336 e. The van der Waals surface area contributed by atoms with E-state index in [2.05, 4.69) is 5.32 Å². The molecule has 0 atom stereocenters. The third-order valence-electron chi connectivity index (χ3n) is 3.21. The van der Waals surface area contributed by atoms with Crippen LogP contribution in [0.1, 0.15) is 5.56 Å². The van der Waals surface area contributed by atoms with Crippen LogP contribution in [0.3, 0.4) is 0 Å². The molecule has 2 aromatic carbocycles. The van der Waals surface area contributed by atoms with Gasteiger partial charge in [-0.25, -0.2) is 4.79 Å². The topological polar surface area (TPSA) is 79.5 Å². The number of carbonyl (C=O) groups is 1. The molecule has 23 heavy (non-hydrogen) atoms. The number of aromatic hydroxyl groups is 1. The van der Waals surface area contributed by atoms with Crippen LogP contribution in [0, 0.1) is 0 Å². The Morgan fingerprint density at radius 1 is 1.04 bits per heavy atom. The maximum atomic E-state index is 11.9. The van der Waals surface area contributed by atoms with E-state index in [0.717, 1.165) is 10.9 Å². The molecule has 5 nitrogen and oxygen atoms in total. The van der Waals surface area contributed by atoms with Gasteiger partial charge in [-0.1, -0.05) is 12.1 Å². The number of phenolic OH excluding ortho intramolecular Hbond substituents is 1. The smallest absolute Gasteiger partial charge is 0.336 e. The van der Waals surface area contributed by atoms with Crippen molar-refractivity contribution in [3.63, 3.8) is 0 Å². The molecule has 1 aromatic heterocycles. The van der Waals surface area contributed by atoms with Crippen molar-refractivity contribution < 1.29 is 14.3 Å². The summed E-state index contributed by atoms with van der Waals surface area (Å²) in [5.41, 5.74) is 1.46. The number of fused-ring (bicyclic) bond motifs is 1. The van der Waals surface area contributed by atoms with Gasteiger partial charge in [0.15, 0.2) is 0 Å². The van der Waals surface area contributed by atoms with E-state index in [0.29, 0.717) is 11.3 Å². The highest BCUT2D eigenvalue weighted by molar-refractivity contribution is 6.02. The number of carbonyl (C=O) groups excluding carboxylic acids is 1. The fraction of sp³-hybridized carbons (Fsp3) is 0. The molecular weight excluding hydrogens is 294 g/mol. The number of hydrogen-bond acceptors (Lipinski definition) is 4. The minimum atomic E-state index is -0.411. The van der Waals surface area contributed by atoms with Crippen molar-refractivity contribution in [2.75, 3.05) is 5.32 Å². The van der Waals surface area contributed by atoms with Gasteiger partial charge in [0.05, 0.1) is 0 Å².